The normalized spacial score (nSPS) is 8.40. The lowest BCUT2D eigenvalue weighted by atomic mass is 10.1. The van der Waals surface area contributed by atoms with E-state index >= 15 is 0 Å². The Hall–Kier alpha value is -1.38. The predicted octanol–water partition coefficient (Wildman–Crippen LogP) is 0.772. The maximum atomic E-state index is 10.6. The first-order valence-corrected chi connectivity index (χ1v) is 2.66. The van der Waals surface area contributed by atoms with Crippen molar-refractivity contribution in [1.82, 2.24) is 0 Å². The molecule has 0 fully saturated rings. The molecular formula is C7H8O3. The van der Waals surface area contributed by atoms with Gasteiger partial charge in [-0.15, -0.1) is 6.58 Å². The van der Waals surface area contributed by atoms with Crippen molar-refractivity contribution in [3.8, 4) is 0 Å². The van der Waals surface area contributed by atoms with Crippen molar-refractivity contribution in [3.63, 3.8) is 0 Å². The van der Waals surface area contributed by atoms with Crippen LogP contribution in [-0.4, -0.2) is 16.9 Å². The molecule has 0 aliphatic heterocycles. The van der Waals surface area contributed by atoms with Crippen molar-refractivity contribution >= 4 is 11.8 Å². The van der Waals surface area contributed by atoms with Crippen LogP contribution in [0.25, 0.3) is 0 Å². The van der Waals surface area contributed by atoms with Crippen LogP contribution in [0.15, 0.2) is 24.8 Å². The summed E-state index contributed by atoms with van der Waals surface area (Å²) in [6.45, 7) is 6.36. The molecule has 0 spiro atoms. The zero-order valence-corrected chi connectivity index (χ0v) is 5.46. The summed E-state index contributed by atoms with van der Waals surface area (Å²) in [5.74, 6) is -1.77. The number of carboxylic acid groups (broad SMARTS) is 1. The third-order valence-corrected chi connectivity index (χ3v) is 0.924. The van der Waals surface area contributed by atoms with Crippen molar-refractivity contribution < 1.29 is 14.7 Å². The van der Waals surface area contributed by atoms with Crippen LogP contribution in [0.5, 0.6) is 0 Å². The Morgan fingerprint density at radius 2 is 2.00 bits per heavy atom. The van der Waals surface area contributed by atoms with Gasteiger partial charge in [-0.3, -0.25) is 4.79 Å². The molecule has 0 unspecified atom stereocenters. The number of carbonyl (C=O) groups excluding carboxylic acids is 1. The van der Waals surface area contributed by atoms with Gasteiger partial charge in [0.15, 0.2) is 5.78 Å². The number of carboxylic acids is 1. The quantitative estimate of drug-likeness (QED) is 0.271. The molecule has 0 radical (unpaired) electrons. The molecule has 0 rings (SSSR count). The summed E-state index contributed by atoms with van der Waals surface area (Å²) >= 11 is 0. The van der Waals surface area contributed by atoms with Gasteiger partial charge < -0.3 is 5.11 Å². The van der Waals surface area contributed by atoms with E-state index in [0.717, 1.165) is 0 Å². The summed E-state index contributed by atoms with van der Waals surface area (Å²) in [5, 5.41) is 8.22. The molecule has 0 amide bonds. The van der Waals surface area contributed by atoms with Crippen molar-refractivity contribution in [1.29, 1.82) is 0 Å². The number of aliphatic carboxylic acids is 1. The first-order chi connectivity index (χ1) is 4.59. The second kappa shape index (κ2) is 3.61. The molecule has 0 saturated carbocycles. The second-order valence-corrected chi connectivity index (χ2v) is 1.70. The van der Waals surface area contributed by atoms with Gasteiger partial charge in [-0.25, -0.2) is 4.79 Å². The highest BCUT2D eigenvalue weighted by Crippen LogP contribution is 1.96. The van der Waals surface area contributed by atoms with E-state index in [1.807, 2.05) is 0 Å². The van der Waals surface area contributed by atoms with Gasteiger partial charge in [0.1, 0.15) is 0 Å². The van der Waals surface area contributed by atoms with Crippen LogP contribution in [0.3, 0.4) is 0 Å². The van der Waals surface area contributed by atoms with E-state index in [9.17, 15) is 9.59 Å². The lowest BCUT2D eigenvalue weighted by molar-refractivity contribution is -0.134. The van der Waals surface area contributed by atoms with Gasteiger partial charge in [-0.2, -0.15) is 0 Å². The Balaban J connectivity index is 4.08. The Labute approximate surface area is 58.7 Å². The summed E-state index contributed by atoms with van der Waals surface area (Å²) in [4.78, 5) is 20.7. The summed E-state index contributed by atoms with van der Waals surface area (Å²) in [6.07, 6.45) is 1.38. The Kier molecular flexibility index (Phi) is 3.11. The molecule has 0 aromatic carbocycles. The zero-order valence-electron chi connectivity index (χ0n) is 5.46. The molecule has 1 N–H and O–H groups in total. The first kappa shape index (κ1) is 8.62. The van der Waals surface area contributed by atoms with Crippen LogP contribution in [0.4, 0.5) is 0 Å². The Bertz CT molecular complexity index is 191. The van der Waals surface area contributed by atoms with Crippen molar-refractivity contribution in [2.75, 3.05) is 0 Å². The molecule has 0 saturated heterocycles. The fourth-order valence-corrected chi connectivity index (χ4v) is 0.374. The molecule has 0 atom stereocenters. The lowest BCUT2D eigenvalue weighted by Crippen LogP contribution is -2.09. The fraction of sp³-hybridized carbons (Fsp3) is 0.143. The predicted molar refractivity (Wildman–Crippen MR) is 36.6 cm³/mol. The second-order valence-electron chi connectivity index (χ2n) is 1.70. The van der Waals surface area contributed by atoms with Gasteiger partial charge >= 0.3 is 5.97 Å². The maximum absolute atomic E-state index is 10.6. The highest BCUT2D eigenvalue weighted by molar-refractivity contribution is 6.16. The minimum absolute atomic E-state index is 0.0329. The van der Waals surface area contributed by atoms with Crippen LogP contribution in [0.2, 0.25) is 0 Å². The fourth-order valence-electron chi connectivity index (χ4n) is 0.374. The van der Waals surface area contributed by atoms with Crippen molar-refractivity contribution in [3.05, 3.63) is 24.8 Å². The third kappa shape index (κ3) is 2.26. The monoisotopic (exact) mass is 140 g/mol. The van der Waals surface area contributed by atoms with Crippen LogP contribution in [0, 0.1) is 0 Å². The molecule has 10 heavy (non-hydrogen) atoms. The van der Waals surface area contributed by atoms with E-state index < -0.39 is 11.8 Å². The Morgan fingerprint density at radius 3 is 2.30 bits per heavy atom. The molecule has 3 heteroatoms. The van der Waals surface area contributed by atoms with Crippen LogP contribution >= 0.6 is 0 Å². The molecule has 0 aliphatic carbocycles. The number of hydrogen-bond acceptors (Lipinski definition) is 2. The molecule has 3 nitrogen and oxygen atoms in total. The third-order valence-electron chi connectivity index (χ3n) is 0.924. The molecule has 0 bridgehead atoms. The first-order valence-electron chi connectivity index (χ1n) is 2.66. The van der Waals surface area contributed by atoms with E-state index in [2.05, 4.69) is 13.2 Å². The minimum Gasteiger partial charge on any atom is -0.478 e. The van der Waals surface area contributed by atoms with Crippen molar-refractivity contribution in [2.45, 2.75) is 6.42 Å². The summed E-state index contributed by atoms with van der Waals surface area (Å²) in [7, 11) is 0. The largest absolute Gasteiger partial charge is 0.478 e. The van der Waals surface area contributed by atoms with Gasteiger partial charge in [0, 0.05) is 6.42 Å². The number of rotatable bonds is 4. The topological polar surface area (TPSA) is 54.4 Å². The average Bonchev–Trinajstić information content (AvgIpc) is 1.87. The zero-order chi connectivity index (χ0) is 8.15. The van der Waals surface area contributed by atoms with Gasteiger partial charge in [0.05, 0.1) is 5.57 Å². The van der Waals surface area contributed by atoms with Crippen LogP contribution in [0.1, 0.15) is 6.42 Å². The molecule has 0 aliphatic rings. The number of allylic oxidation sites excluding steroid dienone is 1. The number of hydrogen-bond donors (Lipinski definition) is 1. The van der Waals surface area contributed by atoms with E-state index in [1.54, 1.807) is 0 Å². The molecule has 0 heterocycles. The lowest BCUT2D eigenvalue weighted by Gasteiger charge is -1.92. The standard InChI is InChI=1S/C7H8O3/c1-3-4-6(8)5(2)7(9)10/h3H,1-2,4H2,(H,9,10). The Morgan fingerprint density at radius 1 is 1.50 bits per heavy atom. The summed E-state index contributed by atoms with van der Waals surface area (Å²) in [5.41, 5.74) is -0.389. The van der Waals surface area contributed by atoms with E-state index in [-0.39, 0.29) is 12.0 Å². The highest BCUT2D eigenvalue weighted by Gasteiger charge is 2.11. The van der Waals surface area contributed by atoms with Gasteiger partial charge in [0.2, 0.25) is 0 Å². The SMILES string of the molecule is C=CCC(=O)C(=C)C(=O)O. The molecule has 0 aromatic rings. The van der Waals surface area contributed by atoms with Gasteiger partial charge in [-0.1, -0.05) is 12.7 Å². The van der Waals surface area contributed by atoms with Crippen LogP contribution < -0.4 is 0 Å². The highest BCUT2D eigenvalue weighted by atomic mass is 16.4. The van der Waals surface area contributed by atoms with Crippen molar-refractivity contribution in [2.24, 2.45) is 0 Å². The molecular weight excluding hydrogens is 132 g/mol. The van der Waals surface area contributed by atoms with Crippen LogP contribution in [-0.2, 0) is 9.59 Å². The smallest absolute Gasteiger partial charge is 0.338 e. The summed E-state index contributed by atoms with van der Waals surface area (Å²) < 4.78 is 0. The molecule has 54 valence electrons. The minimum atomic E-state index is -1.27. The number of ketones is 1. The maximum Gasteiger partial charge on any atom is 0.338 e. The van der Waals surface area contributed by atoms with E-state index in [1.165, 1.54) is 6.08 Å². The van der Waals surface area contributed by atoms with Gasteiger partial charge in [0.25, 0.3) is 0 Å². The summed E-state index contributed by atoms with van der Waals surface area (Å²) in [6, 6.07) is 0. The van der Waals surface area contributed by atoms with E-state index in [0.29, 0.717) is 0 Å². The van der Waals surface area contributed by atoms with E-state index in [4.69, 9.17) is 5.11 Å². The number of Topliss-reactive ketones (excluding diaryl/α,β-unsaturated/α-hetero) is 1. The van der Waals surface area contributed by atoms with Gasteiger partial charge in [-0.05, 0) is 0 Å². The number of carbonyl (C=O) groups is 2. The molecule has 0 aromatic heterocycles. The average molecular weight is 140 g/mol.